The molecule has 0 bridgehead atoms. The monoisotopic (exact) mass is 508 g/mol. The summed E-state index contributed by atoms with van der Waals surface area (Å²) in [6, 6.07) is 21.8. The van der Waals surface area contributed by atoms with Crippen LogP contribution in [0.4, 0.5) is 5.69 Å². The molecule has 7 nitrogen and oxygen atoms in total. The minimum absolute atomic E-state index is 0.102. The van der Waals surface area contributed by atoms with Crippen molar-refractivity contribution in [1.82, 2.24) is 4.31 Å². The largest absolute Gasteiger partial charge is 0.495 e. The van der Waals surface area contributed by atoms with Crippen LogP contribution in [0.15, 0.2) is 77.7 Å². The molecule has 1 N–H and O–H groups in total. The Labute approximate surface area is 213 Å². The molecule has 0 radical (unpaired) electrons. The Morgan fingerprint density at radius 2 is 1.72 bits per heavy atom. The Balaban J connectivity index is 1.52. The summed E-state index contributed by atoms with van der Waals surface area (Å²) in [5.74, 6) is 0.930. The maximum atomic E-state index is 13.6. The zero-order valence-corrected chi connectivity index (χ0v) is 21.6. The normalized spacial score (nSPS) is 16.5. The number of sulfonamides is 1. The summed E-state index contributed by atoms with van der Waals surface area (Å²) >= 11 is 0. The molecule has 0 saturated carbocycles. The molecule has 1 saturated heterocycles. The van der Waals surface area contributed by atoms with E-state index < -0.39 is 15.9 Å². The standard InChI is InChI=1S/C28H32N2O5S/c1-20(2)21-15-16-26(34-3)27(18-21)36(32,33)30-17-9-10-22(19-30)28(31)29-24-13-7-8-14-25(24)35-23-11-5-4-6-12-23/h4-8,11-16,18,20,22H,9-10,17,19H2,1-3H3,(H,29,31)/t22-/m1/s1. The van der Waals surface area contributed by atoms with Crippen LogP contribution >= 0.6 is 0 Å². The van der Waals surface area contributed by atoms with E-state index in [1.54, 1.807) is 24.3 Å². The first-order chi connectivity index (χ1) is 17.3. The van der Waals surface area contributed by atoms with Gasteiger partial charge in [-0.15, -0.1) is 0 Å². The number of piperidine rings is 1. The van der Waals surface area contributed by atoms with Crippen LogP contribution in [0.25, 0.3) is 0 Å². The minimum Gasteiger partial charge on any atom is -0.495 e. The van der Waals surface area contributed by atoms with Crippen molar-refractivity contribution in [3.63, 3.8) is 0 Å². The third-order valence-electron chi connectivity index (χ3n) is 6.34. The van der Waals surface area contributed by atoms with Crippen LogP contribution in [0, 0.1) is 5.92 Å². The lowest BCUT2D eigenvalue weighted by Gasteiger charge is -2.31. The van der Waals surface area contributed by atoms with E-state index in [1.807, 2.05) is 62.4 Å². The van der Waals surface area contributed by atoms with Gasteiger partial charge in [-0.05, 0) is 60.7 Å². The fourth-order valence-electron chi connectivity index (χ4n) is 4.28. The summed E-state index contributed by atoms with van der Waals surface area (Å²) < 4.78 is 40.0. The van der Waals surface area contributed by atoms with Crippen molar-refractivity contribution in [3.05, 3.63) is 78.4 Å². The molecule has 1 atom stereocenters. The maximum absolute atomic E-state index is 13.6. The molecular weight excluding hydrogens is 476 g/mol. The quantitative estimate of drug-likeness (QED) is 0.425. The summed E-state index contributed by atoms with van der Waals surface area (Å²) in [5.41, 5.74) is 1.45. The highest BCUT2D eigenvalue weighted by Crippen LogP contribution is 2.34. The lowest BCUT2D eigenvalue weighted by Crippen LogP contribution is -2.43. The van der Waals surface area contributed by atoms with E-state index in [0.717, 1.165) is 5.56 Å². The highest BCUT2D eigenvalue weighted by molar-refractivity contribution is 7.89. The van der Waals surface area contributed by atoms with E-state index >= 15 is 0 Å². The molecule has 1 aliphatic rings. The molecule has 190 valence electrons. The highest BCUT2D eigenvalue weighted by Gasteiger charge is 2.35. The second-order valence-electron chi connectivity index (χ2n) is 9.17. The van der Waals surface area contributed by atoms with Gasteiger partial charge < -0.3 is 14.8 Å². The van der Waals surface area contributed by atoms with Gasteiger partial charge in [0.15, 0.2) is 5.75 Å². The van der Waals surface area contributed by atoms with Gasteiger partial charge in [0.1, 0.15) is 16.4 Å². The minimum atomic E-state index is -3.85. The molecule has 0 aliphatic carbocycles. The second-order valence-corrected chi connectivity index (χ2v) is 11.1. The molecule has 1 fully saturated rings. The van der Waals surface area contributed by atoms with Crippen molar-refractivity contribution in [2.45, 2.75) is 37.5 Å². The summed E-state index contributed by atoms with van der Waals surface area (Å²) in [6.45, 7) is 4.48. The van der Waals surface area contributed by atoms with Crippen molar-refractivity contribution in [3.8, 4) is 17.2 Å². The molecule has 8 heteroatoms. The Kier molecular flexibility index (Phi) is 7.96. The third-order valence-corrected chi connectivity index (χ3v) is 8.23. The smallest absolute Gasteiger partial charge is 0.246 e. The van der Waals surface area contributed by atoms with E-state index in [1.165, 1.54) is 11.4 Å². The zero-order chi connectivity index (χ0) is 25.7. The first-order valence-corrected chi connectivity index (χ1v) is 13.5. The number of rotatable bonds is 8. The Morgan fingerprint density at radius 3 is 2.44 bits per heavy atom. The molecule has 36 heavy (non-hydrogen) atoms. The predicted molar refractivity (Wildman–Crippen MR) is 140 cm³/mol. The molecule has 3 aromatic carbocycles. The van der Waals surface area contributed by atoms with E-state index in [-0.39, 0.29) is 23.3 Å². The average molecular weight is 509 g/mol. The first-order valence-electron chi connectivity index (χ1n) is 12.1. The lowest BCUT2D eigenvalue weighted by atomic mass is 9.98. The van der Waals surface area contributed by atoms with Gasteiger partial charge in [-0.1, -0.05) is 50.2 Å². The van der Waals surface area contributed by atoms with E-state index in [9.17, 15) is 13.2 Å². The molecular formula is C28H32N2O5S. The molecule has 1 heterocycles. The first kappa shape index (κ1) is 25.7. The number of nitrogens with one attached hydrogen (secondary N) is 1. The van der Waals surface area contributed by atoms with Crippen LogP contribution in [-0.4, -0.2) is 38.8 Å². The number of amides is 1. The average Bonchev–Trinajstić information content (AvgIpc) is 2.90. The van der Waals surface area contributed by atoms with Crippen LogP contribution < -0.4 is 14.8 Å². The van der Waals surface area contributed by atoms with Gasteiger partial charge in [0, 0.05) is 13.1 Å². The number of carbonyl (C=O) groups is 1. The van der Waals surface area contributed by atoms with Crippen molar-refractivity contribution >= 4 is 21.6 Å². The molecule has 0 unspecified atom stereocenters. The van der Waals surface area contributed by atoms with Crippen LogP contribution in [-0.2, 0) is 14.8 Å². The van der Waals surface area contributed by atoms with E-state index in [0.29, 0.717) is 42.3 Å². The molecule has 0 spiro atoms. The summed E-state index contributed by atoms with van der Waals surface area (Å²) in [7, 11) is -2.38. The second kappa shape index (κ2) is 11.1. The van der Waals surface area contributed by atoms with Gasteiger partial charge in [0.05, 0.1) is 18.7 Å². The summed E-state index contributed by atoms with van der Waals surface area (Å²) in [6.07, 6.45) is 1.19. The molecule has 3 aromatic rings. The number of nitrogens with zero attached hydrogens (tertiary/aromatic N) is 1. The number of hydrogen-bond acceptors (Lipinski definition) is 5. The number of benzene rings is 3. The predicted octanol–water partition coefficient (Wildman–Crippen LogP) is 5.65. The number of hydrogen-bond donors (Lipinski definition) is 1. The Morgan fingerprint density at radius 1 is 1.00 bits per heavy atom. The van der Waals surface area contributed by atoms with Crippen molar-refractivity contribution in [2.75, 3.05) is 25.5 Å². The van der Waals surface area contributed by atoms with Crippen molar-refractivity contribution in [1.29, 1.82) is 0 Å². The Bertz CT molecular complexity index is 1310. The number of carbonyl (C=O) groups excluding carboxylic acids is 1. The van der Waals surface area contributed by atoms with Gasteiger partial charge in [-0.2, -0.15) is 4.31 Å². The third kappa shape index (κ3) is 5.71. The fraction of sp³-hybridized carbons (Fsp3) is 0.321. The molecule has 4 rings (SSSR count). The summed E-state index contributed by atoms with van der Waals surface area (Å²) in [5, 5.41) is 2.95. The number of ether oxygens (including phenoxy) is 2. The maximum Gasteiger partial charge on any atom is 0.246 e. The van der Waals surface area contributed by atoms with Crippen LogP contribution in [0.5, 0.6) is 17.2 Å². The lowest BCUT2D eigenvalue weighted by molar-refractivity contribution is -0.120. The molecule has 1 aliphatic heterocycles. The topological polar surface area (TPSA) is 84.9 Å². The van der Waals surface area contributed by atoms with E-state index in [2.05, 4.69) is 5.32 Å². The van der Waals surface area contributed by atoms with Crippen LogP contribution in [0.3, 0.4) is 0 Å². The molecule has 0 aromatic heterocycles. The van der Waals surface area contributed by atoms with Gasteiger partial charge in [-0.25, -0.2) is 8.42 Å². The van der Waals surface area contributed by atoms with Crippen molar-refractivity contribution < 1.29 is 22.7 Å². The van der Waals surface area contributed by atoms with Crippen LogP contribution in [0.1, 0.15) is 38.2 Å². The van der Waals surface area contributed by atoms with Gasteiger partial charge in [-0.3, -0.25) is 4.79 Å². The van der Waals surface area contributed by atoms with Crippen LogP contribution in [0.2, 0.25) is 0 Å². The number of methoxy groups -OCH3 is 1. The Hall–Kier alpha value is -3.36. The van der Waals surface area contributed by atoms with Gasteiger partial charge in [0.2, 0.25) is 15.9 Å². The van der Waals surface area contributed by atoms with Gasteiger partial charge in [0.25, 0.3) is 0 Å². The zero-order valence-electron chi connectivity index (χ0n) is 20.8. The van der Waals surface area contributed by atoms with Gasteiger partial charge >= 0.3 is 0 Å². The summed E-state index contributed by atoms with van der Waals surface area (Å²) in [4.78, 5) is 13.4. The SMILES string of the molecule is COc1ccc(C(C)C)cc1S(=O)(=O)N1CCC[C@@H](C(=O)Nc2ccccc2Oc2ccccc2)C1. The number of anilines is 1. The number of para-hydroxylation sites is 3. The highest BCUT2D eigenvalue weighted by atomic mass is 32.2. The molecule has 1 amide bonds. The van der Waals surface area contributed by atoms with Crippen molar-refractivity contribution in [2.24, 2.45) is 5.92 Å². The van der Waals surface area contributed by atoms with E-state index in [4.69, 9.17) is 9.47 Å². The fourth-order valence-corrected chi connectivity index (χ4v) is 5.99.